The Bertz CT molecular complexity index is 783. The second-order valence-corrected chi connectivity index (χ2v) is 8.56. The summed E-state index contributed by atoms with van der Waals surface area (Å²) in [6.07, 6.45) is 5.40. The molecule has 1 N–H and O–H groups in total. The molecule has 2 atom stereocenters. The Morgan fingerprint density at radius 2 is 1.92 bits per heavy atom. The van der Waals surface area contributed by atoms with Gasteiger partial charge in [0.25, 0.3) is 0 Å². The minimum atomic E-state index is 0.449. The number of fused-ring (bicyclic) bond motifs is 2. The summed E-state index contributed by atoms with van der Waals surface area (Å²) in [6, 6.07) is 2.18. The predicted octanol–water partition coefficient (Wildman–Crippen LogP) is 2.38. The second kappa shape index (κ2) is 6.34. The molecule has 0 aromatic carbocycles. The highest BCUT2D eigenvalue weighted by atomic mass is 15.3. The standard InChI is InChI=1S/C20H28N6/c1-13(2)18-6-20(22-12-21-18)26-9-14-7-25(8-15(14)10-26)11-19-16-4-3-5-17(16)23-24-19/h6,12-15H,3-5,7-11H2,1-2H3,(H,23,24). The molecule has 5 rings (SSSR count). The third-order valence-corrected chi connectivity index (χ3v) is 6.42. The Labute approximate surface area is 155 Å². The van der Waals surface area contributed by atoms with Gasteiger partial charge in [-0.25, -0.2) is 9.97 Å². The molecule has 26 heavy (non-hydrogen) atoms. The van der Waals surface area contributed by atoms with Gasteiger partial charge in [0.2, 0.25) is 0 Å². The van der Waals surface area contributed by atoms with E-state index in [2.05, 4.69) is 49.9 Å². The zero-order valence-corrected chi connectivity index (χ0v) is 15.8. The lowest BCUT2D eigenvalue weighted by Crippen LogP contribution is -2.29. The lowest BCUT2D eigenvalue weighted by molar-refractivity contribution is 0.304. The molecule has 6 nitrogen and oxygen atoms in total. The van der Waals surface area contributed by atoms with Gasteiger partial charge in [0.05, 0.1) is 5.69 Å². The molecule has 2 aliphatic heterocycles. The number of nitrogens with one attached hydrogen (secondary N) is 1. The van der Waals surface area contributed by atoms with Crippen LogP contribution in [0.25, 0.3) is 0 Å². The summed E-state index contributed by atoms with van der Waals surface area (Å²) in [6.45, 7) is 10.0. The molecule has 2 saturated heterocycles. The fraction of sp³-hybridized carbons (Fsp3) is 0.650. The summed E-state index contributed by atoms with van der Waals surface area (Å²) in [5.74, 6) is 3.05. The van der Waals surface area contributed by atoms with Crippen molar-refractivity contribution in [2.45, 2.75) is 45.6 Å². The summed E-state index contributed by atoms with van der Waals surface area (Å²) in [5.41, 5.74) is 5.33. The normalized spacial score (nSPS) is 25.3. The molecule has 138 valence electrons. The van der Waals surface area contributed by atoms with Crippen LogP contribution in [0.2, 0.25) is 0 Å². The fourth-order valence-corrected chi connectivity index (χ4v) is 4.99. The number of rotatable bonds is 4. The van der Waals surface area contributed by atoms with Crippen LogP contribution in [-0.2, 0) is 19.4 Å². The zero-order valence-electron chi connectivity index (χ0n) is 15.8. The van der Waals surface area contributed by atoms with Crippen LogP contribution in [0, 0.1) is 11.8 Å². The minimum absolute atomic E-state index is 0.449. The average molecular weight is 352 g/mol. The van der Waals surface area contributed by atoms with Crippen LogP contribution in [0.1, 0.15) is 48.8 Å². The Morgan fingerprint density at radius 3 is 2.69 bits per heavy atom. The lowest BCUT2D eigenvalue weighted by Gasteiger charge is -2.22. The van der Waals surface area contributed by atoms with Gasteiger partial charge in [-0.05, 0) is 42.6 Å². The molecule has 0 amide bonds. The first-order chi connectivity index (χ1) is 12.7. The molecule has 3 aliphatic rings. The molecule has 0 saturated carbocycles. The Balaban J connectivity index is 1.23. The molecular weight excluding hydrogens is 324 g/mol. The third kappa shape index (κ3) is 2.80. The summed E-state index contributed by atoms with van der Waals surface area (Å²) >= 11 is 0. The van der Waals surface area contributed by atoms with Crippen molar-refractivity contribution >= 4 is 5.82 Å². The van der Waals surface area contributed by atoms with Gasteiger partial charge in [-0.15, -0.1) is 0 Å². The first-order valence-electron chi connectivity index (χ1n) is 10.0. The lowest BCUT2D eigenvalue weighted by atomic mass is 10.0. The van der Waals surface area contributed by atoms with E-state index in [0.717, 1.165) is 43.0 Å². The molecule has 2 aromatic heterocycles. The van der Waals surface area contributed by atoms with E-state index in [1.54, 1.807) is 6.33 Å². The van der Waals surface area contributed by atoms with Crippen LogP contribution >= 0.6 is 0 Å². The smallest absolute Gasteiger partial charge is 0.132 e. The maximum Gasteiger partial charge on any atom is 0.132 e. The van der Waals surface area contributed by atoms with E-state index in [1.165, 1.54) is 49.3 Å². The van der Waals surface area contributed by atoms with E-state index in [4.69, 9.17) is 0 Å². The molecule has 0 spiro atoms. The minimum Gasteiger partial charge on any atom is -0.356 e. The number of aryl methyl sites for hydroxylation is 1. The van der Waals surface area contributed by atoms with Gasteiger partial charge in [0, 0.05) is 50.2 Å². The third-order valence-electron chi connectivity index (χ3n) is 6.42. The molecule has 2 fully saturated rings. The van der Waals surface area contributed by atoms with Gasteiger partial charge >= 0.3 is 0 Å². The van der Waals surface area contributed by atoms with Crippen LogP contribution < -0.4 is 4.90 Å². The van der Waals surface area contributed by atoms with Crippen LogP contribution in [0.3, 0.4) is 0 Å². The van der Waals surface area contributed by atoms with Crippen LogP contribution in [0.15, 0.2) is 12.4 Å². The number of nitrogens with zero attached hydrogens (tertiary/aromatic N) is 5. The first-order valence-corrected chi connectivity index (χ1v) is 10.0. The highest BCUT2D eigenvalue weighted by Crippen LogP contribution is 2.35. The van der Waals surface area contributed by atoms with Crippen molar-refractivity contribution in [1.29, 1.82) is 0 Å². The van der Waals surface area contributed by atoms with E-state index in [1.807, 2.05) is 0 Å². The number of hydrogen-bond donors (Lipinski definition) is 1. The van der Waals surface area contributed by atoms with E-state index in [9.17, 15) is 0 Å². The van der Waals surface area contributed by atoms with Crippen molar-refractivity contribution in [3.05, 3.63) is 35.0 Å². The van der Waals surface area contributed by atoms with Gasteiger partial charge in [-0.1, -0.05) is 13.8 Å². The van der Waals surface area contributed by atoms with E-state index in [0.29, 0.717) is 5.92 Å². The van der Waals surface area contributed by atoms with Gasteiger partial charge in [-0.3, -0.25) is 10.00 Å². The zero-order chi connectivity index (χ0) is 17.7. The van der Waals surface area contributed by atoms with E-state index in [-0.39, 0.29) is 0 Å². The summed E-state index contributed by atoms with van der Waals surface area (Å²) in [5, 5.41) is 7.84. The molecule has 0 radical (unpaired) electrons. The molecule has 0 bridgehead atoms. The average Bonchev–Trinajstić information content (AvgIpc) is 3.36. The molecule has 2 unspecified atom stereocenters. The summed E-state index contributed by atoms with van der Waals surface area (Å²) in [4.78, 5) is 14.0. The number of H-pyrrole nitrogens is 1. The predicted molar refractivity (Wildman–Crippen MR) is 101 cm³/mol. The number of likely N-dealkylation sites (tertiary alicyclic amines) is 1. The maximum atomic E-state index is 4.59. The van der Waals surface area contributed by atoms with Crippen molar-refractivity contribution in [3.8, 4) is 0 Å². The van der Waals surface area contributed by atoms with E-state index >= 15 is 0 Å². The van der Waals surface area contributed by atoms with Crippen LogP contribution in [0.5, 0.6) is 0 Å². The molecule has 2 aromatic rings. The monoisotopic (exact) mass is 352 g/mol. The Hall–Kier alpha value is -1.95. The number of hydrogen-bond acceptors (Lipinski definition) is 5. The molecule has 4 heterocycles. The number of aromatic amines is 1. The van der Waals surface area contributed by atoms with Gasteiger partial charge in [-0.2, -0.15) is 5.10 Å². The first kappa shape index (κ1) is 16.2. The van der Waals surface area contributed by atoms with Crippen LogP contribution in [0.4, 0.5) is 5.82 Å². The topological polar surface area (TPSA) is 60.9 Å². The van der Waals surface area contributed by atoms with E-state index < -0.39 is 0 Å². The Morgan fingerprint density at radius 1 is 1.12 bits per heavy atom. The van der Waals surface area contributed by atoms with Crippen molar-refractivity contribution in [2.75, 3.05) is 31.1 Å². The molecule has 6 heteroatoms. The van der Waals surface area contributed by atoms with Crippen LogP contribution in [-0.4, -0.2) is 51.2 Å². The quantitative estimate of drug-likeness (QED) is 0.915. The van der Waals surface area contributed by atoms with Crippen molar-refractivity contribution < 1.29 is 0 Å². The highest BCUT2D eigenvalue weighted by Gasteiger charge is 2.40. The van der Waals surface area contributed by atoms with Gasteiger partial charge in [0.15, 0.2) is 0 Å². The highest BCUT2D eigenvalue weighted by molar-refractivity contribution is 5.41. The van der Waals surface area contributed by atoms with Crippen molar-refractivity contribution in [2.24, 2.45) is 11.8 Å². The molecular formula is C20H28N6. The second-order valence-electron chi connectivity index (χ2n) is 8.56. The van der Waals surface area contributed by atoms with Crippen molar-refractivity contribution in [1.82, 2.24) is 25.1 Å². The SMILES string of the molecule is CC(C)c1cc(N2CC3CN(Cc4n[nH]c5c4CCC5)CC3C2)ncn1. The summed E-state index contributed by atoms with van der Waals surface area (Å²) in [7, 11) is 0. The largest absolute Gasteiger partial charge is 0.356 e. The number of aromatic nitrogens is 4. The summed E-state index contributed by atoms with van der Waals surface area (Å²) < 4.78 is 0. The number of anilines is 1. The maximum absolute atomic E-state index is 4.59. The van der Waals surface area contributed by atoms with Crippen molar-refractivity contribution in [3.63, 3.8) is 0 Å². The fourth-order valence-electron chi connectivity index (χ4n) is 4.99. The Kier molecular flexibility index (Phi) is 3.96. The van der Waals surface area contributed by atoms with Gasteiger partial charge in [0.1, 0.15) is 12.1 Å². The van der Waals surface area contributed by atoms with Gasteiger partial charge < -0.3 is 4.90 Å². The molecule has 1 aliphatic carbocycles.